The lowest BCUT2D eigenvalue weighted by atomic mass is 10.1. The van der Waals surface area contributed by atoms with E-state index in [1.165, 1.54) is 5.56 Å². The van der Waals surface area contributed by atoms with E-state index < -0.39 is 0 Å². The third-order valence-corrected chi connectivity index (χ3v) is 4.20. The van der Waals surface area contributed by atoms with Crippen molar-refractivity contribution < 1.29 is 14.3 Å². The topological polar surface area (TPSA) is 50.8 Å². The van der Waals surface area contributed by atoms with Gasteiger partial charge in [0.2, 0.25) is 5.91 Å². The summed E-state index contributed by atoms with van der Waals surface area (Å²) in [6.45, 7) is 6.17. The molecule has 2 aliphatic heterocycles. The largest absolute Gasteiger partial charge is 0.493 e. The zero-order chi connectivity index (χ0) is 15.2. The van der Waals surface area contributed by atoms with Crippen LogP contribution in [0.5, 0.6) is 5.75 Å². The minimum absolute atomic E-state index is 0.0833. The van der Waals surface area contributed by atoms with Crippen LogP contribution in [0.3, 0.4) is 0 Å². The molecule has 0 aromatic heterocycles. The second kappa shape index (κ2) is 7.61. The molecule has 0 bridgehead atoms. The zero-order valence-corrected chi connectivity index (χ0v) is 13.0. The third kappa shape index (κ3) is 4.21. The van der Waals surface area contributed by atoms with E-state index in [0.717, 1.165) is 70.2 Å². The summed E-state index contributed by atoms with van der Waals surface area (Å²) in [5, 5.41) is 3.00. The Morgan fingerprint density at radius 3 is 2.95 bits per heavy atom. The maximum atomic E-state index is 12.0. The molecule has 5 heteroatoms. The van der Waals surface area contributed by atoms with Crippen LogP contribution in [0.1, 0.15) is 17.5 Å². The first-order valence-corrected chi connectivity index (χ1v) is 8.13. The SMILES string of the molecule is O=C(Cc1ccc2c(c1)OCC2)NCCCN1CCOCC1. The van der Waals surface area contributed by atoms with E-state index in [1.807, 2.05) is 12.1 Å². The van der Waals surface area contributed by atoms with E-state index in [1.54, 1.807) is 0 Å². The number of fused-ring (bicyclic) bond motifs is 1. The molecule has 3 rings (SSSR count). The monoisotopic (exact) mass is 304 g/mol. The average Bonchev–Trinajstić information content (AvgIpc) is 3.00. The summed E-state index contributed by atoms with van der Waals surface area (Å²) in [5.41, 5.74) is 2.26. The molecule has 0 radical (unpaired) electrons. The molecule has 1 amide bonds. The lowest BCUT2D eigenvalue weighted by Crippen LogP contribution is -2.38. The van der Waals surface area contributed by atoms with Crippen LogP contribution >= 0.6 is 0 Å². The summed E-state index contributed by atoms with van der Waals surface area (Å²) in [4.78, 5) is 14.4. The molecule has 5 nitrogen and oxygen atoms in total. The number of benzene rings is 1. The Labute approximate surface area is 131 Å². The molecule has 0 saturated carbocycles. The standard InChI is InChI=1S/C17H24N2O3/c20-17(18-5-1-6-19-7-10-21-11-8-19)13-14-2-3-15-4-9-22-16(15)12-14/h2-3,12H,1,4-11,13H2,(H,18,20). The highest BCUT2D eigenvalue weighted by atomic mass is 16.5. The number of ether oxygens (including phenoxy) is 2. The van der Waals surface area contributed by atoms with E-state index in [2.05, 4.69) is 16.3 Å². The molecule has 22 heavy (non-hydrogen) atoms. The lowest BCUT2D eigenvalue weighted by Gasteiger charge is -2.26. The number of hydrogen-bond acceptors (Lipinski definition) is 4. The van der Waals surface area contributed by atoms with Gasteiger partial charge in [-0.05, 0) is 30.2 Å². The smallest absolute Gasteiger partial charge is 0.224 e. The maximum Gasteiger partial charge on any atom is 0.224 e. The highest BCUT2D eigenvalue weighted by Gasteiger charge is 2.13. The fraction of sp³-hybridized carbons (Fsp3) is 0.588. The van der Waals surface area contributed by atoms with Gasteiger partial charge < -0.3 is 14.8 Å². The van der Waals surface area contributed by atoms with Crippen LogP contribution in [0.2, 0.25) is 0 Å². The number of hydrogen-bond donors (Lipinski definition) is 1. The second-order valence-electron chi connectivity index (χ2n) is 5.87. The molecule has 1 N–H and O–H groups in total. The summed E-state index contributed by atoms with van der Waals surface area (Å²) in [5.74, 6) is 1.03. The van der Waals surface area contributed by atoms with E-state index in [4.69, 9.17) is 9.47 Å². The Morgan fingerprint density at radius 1 is 1.23 bits per heavy atom. The predicted octanol–water partition coefficient (Wildman–Crippen LogP) is 1.00. The summed E-state index contributed by atoms with van der Waals surface area (Å²) in [6.07, 6.45) is 2.39. The van der Waals surface area contributed by atoms with E-state index >= 15 is 0 Å². The van der Waals surface area contributed by atoms with Crippen LogP contribution in [-0.4, -0.2) is 56.8 Å². The van der Waals surface area contributed by atoms with E-state index in [9.17, 15) is 4.79 Å². The highest BCUT2D eigenvalue weighted by Crippen LogP contribution is 2.26. The first-order valence-electron chi connectivity index (χ1n) is 8.13. The highest BCUT2D eigenvalue weighted by molar-refractivity contribution is 5.78. The van der Waals surface area contributed by atoms with Crippen molar-refractivity contribution in [2.45, 2.75) is 19.3 Å². The number of carbonyl (C=O) groups is 1. The zero-order valence-electron chi connectivity index (χ0n) is 13.0. The summed E-state index contributed by atoms with van der Waals surface area (Å²) in [6, 6.07) is 6.10. The fourth-order valence-corrected chi connectivity index (χ4v) is 2.92. The molecule has 1 fully saturated rings. The maximum absolute atomic E-state index is 12.0. The van der Waals surface area contributed by atoms with E-state index in [0.29, 0.717) is 6.42 Å². The molecule has 2 aliphatic rings. The first-order chi connectivity index (χ1) is 10.8. The van der Waals surface area contributed by atoms with Gasteiger partial charge in [-0.2, -0.15) is 0 Å². The summed E-state index contributed by atoms with van der Waals surface area (Å²) in [7, 11) is 0. The quantitative estimate of drug-likeness (QED) is 0.797. The number of carbonyl (C=O) groups excluding carboxylic acids is 1. The fourth-order valence-electron chi connectivity index (χ4n) is 2.92. The van der Waals surface area contributed by atoms with Crippen LogP contribution in [0.25, 0.3) is 0 Å². The molecule has 120 valence electrons. The van der Waals surface area contributed by atoms with Gasteiger partial charge in [-0.25, -0.2) is 0 Å². The molecule has 1 aromatic carbocycles. The van der Waals surface area contributed by atoms with Crippen molar-refractivity contribution in [3.63, 3.8) is 0 Å². The molecular formula is C17H24N2O3. The second-order valence-corrected chi connectivity index (χ2v) is 5.87. The van der Waals surface area contributed by atoms with Crippen LogP contribution < -0.4 is 10.1 Å². The molecule has 2 heterocycles. The number of morpholine rings is 1. The van der Waals surface area contributed by atoms with Gasteiger partial charge in [0, 0.05) is 26.1 Å². The van der Waals surface area contributed by atoms with Crippen molar-refractivity contribution in [1.82, 2.24) is 10.2 Å². The Hall–Kier alpha value is -1.59. The molecule has 0 unspecified atom stereocenters. The van der Waals surface area contributed by atoms with Crippen molar-refractivity contribution in [2.75, 3.05) is 46.0 Å². The Balaban J connectivity index is 1.35. The van der Waals surface area contributed by atoms with Crippen molar-refractivity contribution in [1.29, 1.82) is 0 Å². The van der Waals surface area contributed by atoms with Gasteiger partial charge in [0.25, 0.3) is 0 Å². The average molecular weight is 304 g/mol. The molecular weight excluding hydrogens is 280 g/mol. The number of nitrogens with one attached hydrogen (secondary N) is 1. The van der Waals surface area contributed by atoms with Crippen LogP contribution in [0.4, 0.5) is 0 Å². The van der Waals surface area contributed by atoms with E-state index in [-0.39, 0.29) is 5.91 Å². The molecule has 0 aliphatic carbocycles. The van der Waals surface area contributed by atoms with Gasteiger partial charge in [-0.3, -0.25) is 9.69 Å². The molecule has 0 spiro atoms. The van der Waals surface area contributed by atoms with Gasteiger partial charge in [0.15, 0.2) is 0 Å². The van der Waals surface area contributed by atoms with Gasteiger partial charge in [-0.15, -0.1) is 0 Å². The Bertz CT molecular complexity index is 513. The minimum Gasteiger partial charge on any atom is -0.493 e. The molecule has 0 atom stereocenters. The summed E-state index contributed by atoms with van der Waals surface area (Å²) < 4.78 is 10.9. The van der Waals surface area contributed by atoms with Gasteiger partial charge in [0.05, 0.1) is 26.2 Å². The van der Waals surface area contributed by atoms with Gasteiger partial charge in [0.1, 0.15) is 5.75 Å². The number of rotatable bonds is 6. The van der Waals surface area contributed by atoms with Crippen LogP contribution in [0.15, 0.2) is 18.2 Å². The number of nitrogens with zero attached hydrogens (tertiary/aromatic N) is 1. The Kier molecular flexibility index (Phi) is 5.29. The number of amides is 1. The Morgan fingerprint density at radius 2 is 2.09 bits per heavy atom. The summed E-state index contributed by atoms with van der Waals surface area (Å²) >= 11 is 0. The first kappa shape index (κ1) is 15.3. The van der Waals surface area contributed by atoms with Crippen LogP contribution in [0, 0.1) is 0 Å². The van der Waals surface area contributed by atoms with Crippen molar-refractivity contribution in [2.24, 2.45) is 0 Å². The third-order valence-electron chi connectivity index (χ3n) is 4.20. The van der Waals surface area contributed by atoms with Crippen LogP contribution in [-0.2, 0) is 22.4 Å². The van der Waals surface area contributed by atoms with Crippen molar-refractivity contribution in [3.8, 4) is 5.75 Å². The van der Waals surface area contributed by atoms with Crippen molar-refractivity contribution in [3.05, 3.63) is 29.3 Å². The minimum atomic E-state index is 0.0833. The lowest BCUT2D eigenvalue weighted by molar-refractivity contribution is -0.120. The molecule has 1 saturated heterocycles. The van der Waals surface area contributed by atoms with Gasteiger partial charge >= 0.3 is 0 Å². The van der Waals surface area contributed by atoms with Gasteiger partial charge in [-0.1, -0.05) is 12.1 Å². The predicted molar refractivity (Wildman–Crippen MR) is 84.2 cm³/mol. The normalized spacial score (nSPS) is 17.8. The molecule has 1 aromatic rings. The van der Waals surface area contributed by atoms with Crippen molar-refractivity contribution >= 4 is 5.91 Å².